The molecule has 0 aliphatic carbocycles. The number of ether oxygens (including phenoxy) is 1. The minimum absolute atomic E-state index is 0.00677. The summed E-state index contributed by atoms with van der Waals surface area (Å²) in [6.45, 7) is 12.5. The van der Waals surface area contributed by atoms with E-state index in [1.165, 1.54) is 52.2 Å². The van der Waals surface area contributed by atoms with E-state index in [-0.39, 0.29) is 52.9 Å². The Morgan fingerprint density at radius 2 is 1.60 bits per heavy atom. The van der Waals surface area contributed by atoms with Gasteiger partial charge in [0, 0.05) is 77.6 Å². The van der Waals surface area contributed by atoms with E-state index >= 15 is 0 Å². The first-order valence-corrected chi connectivity index (χ1v) is 37.1. The van der Waals surface area contributed by atoms with Crippen LogP contribution in [-0.2, 0) is 72.2 Å². The fourth-order valence-corrected chi connectivity index (χ4v) is 16.7. The van der Waals surface area contributed by atoms with Crippen LogP contribution in [-0.4, -0.2) is 132 Å². The summed E-state index contributed by atoms with van der Waals surface area (Å²) < 4.78 is 125. The first-order valence-electron chi connectivity index (χ1n) is 27.2. The zero-order valence-electron chi connectivity index (χ0n) is 48.2. The van der Waals surface area contributed by atoms with E-state index < -0.39 is 73.5 Å². The van der Waals surface area contributed by atoms with Crippen molar-refractivity contribution >= 4 is 111 Å². The summed E-state index contributed by atoms with van der Waals surface area (Å²) in [5.74, 6) is 6.78. The van der Waals surface area contributed by atoms with Crippen LogP contribution in [0.25, 0.3) is 11.0 Å². The van der Waals surface area contributed by atoms with Crippen molar-refractivity contribution in [3.05, 3.63) is 102 Å². The molecule has 2 aromatic carbocycles. The molecule has 3 aliphatic heterocycles. The molecular formula is C53H70N8O19P3S4+. The number of phosphoric acid groups is 3. The van der Waals surface area contributed by atoms with E-state index in [9.17, 15) is 59.0 Å². The highest BCUT2D eigenvalue weighted by molar-refractivity contribution is 8.76. The van der Waals surface area contributed by atoms with Crippen LogP contribution >= 0.6 is 45.1 Å². The van der Waals surface area contributed by atoms with Gasteiger partial charge < -0.3 is 50.1 Å². The quantitative estimate of drug-likeness (QED) is 0.00499. The number of aromatic nitrogens is 3. The first-order chi connectivity index (χ1) is 40.6. The van der Waals surface area contributed by atoms with Crippen molar-refractivity contribution < 1.29 is 91.3 Å². The number of phosphoric ester groups is 1. The van der Waals surface area contributed by atoms with Crippen LogP contribution in [0.3, 0.4) is 0 Å². The maximum Gasteiger partial charge on any atom is 0.490 e. The Morgan fingerprint density at radius 3 is 2.29 bits per heavy atom. The van der Waals surface area contributed by atoms with Crippen molar-refractivity contribution in [3.63, 3.8) is 0 Å². The molecule has 2 aromatic heterocycles. The molecule has 1 fully saturated rings. The Bertz CT molecular complexity index is 3860. The van der Waals surface area contributed by atoms with Crippen molar-refractivity contribution in [2.75, 3.05) is 48.4 Å². The molecule has 4 aromatic rings. The summed E-state index contributed by atoms with van der Waals surface area (Å²) in [4.78, 5) is 72.5. The van der Waals surface area contributed by atoms with Crippen LogP contribution in [0, 0.1) is 11.8 Å². The van der Waals surface area contributed by atoms with Gasteiger partial charge in [-0.05, 0) is 95.3 Å². The number of nitrogens with one attached hydrogen (secondary N) is 2. The fraction of sp³-hybridized carbons (Fsp3) is 0.453. The maximum atomic E-state index is 13.0. The number of nitrogens with zero attached hydrogens (tertiary/aromatic N) is 5. The molecule has 0 spiro atoms. The first kappa shape index (κ1) is 69.4. The highest BCUT2D eigenvalue weighted by Crippen LogP contribution is 2.66. The number of amides is 2. The number of carbonyl (C=O) groups excluding carboxylic acids is 2. The molecule has 5 atom stereocenters. The molecule has 87 heavy (non-hydrogen) atoms. The van der Waals surface area contributed by atoms with Crippen LogP contribution in [0.4, 0.5) is 17.2 Å². The minimum atomic E-state index is -5.69. The Kier molecular flexibility index (Phi) is 22.7. The zero-order chi connectivity index (χ0) is 63.9. The molecule has 34 heteroatoms. The molecule has 5 heterocycles. The lowest BCUT2D eigenvalue weighted by Gasteiger charge is -2.27. The smallest absolute Gasteiger partial charge is 0.383 e. The molecule has 0 radical (unpaired) electrons. The van der Waals surface area contributed by atoms with Gasteiger partial charge in [-0.15, -0.1) is 0 Å². The van der Waals surface area contributed by atoms with Crippen LogP contribution in [0.5, 0.6) is 0 Å². The summed E-state index contributed by atoms with van der Waals surface area (Å²) in [6, 6.07) is 9.07. The van der Waals surface area contributed by atoms with Crippen molar-refractivity contribution in [3.8, 4) is 11.8 Å². The summed E-state index contributed by atoms with van der Waals surface area (Å²) in [7, 11) is -22.4. The molecule has 27 nitrogen and oxygen atoms in total. The number of allylic oxidation sites excluding steroid dienone is 6. The Labute approximate surface area is 512 Å². The number of benzene rings is 2. The molecule has 7 rings (SSSR count). The number of anilines is 2. The minimum Gasteiger partial charge on any atom is -0.383 e. The van der Waals surface area contributed by atoms with Gasteiger partial charge in [0.25, 0.3) is 20.2 Å². The number of rotatable bonds is 28. The lowest BCUT2D eigenvalue weighted by molar-refractivity contribution is -0.433. The third-order valence-corrected chi connectivity index (χ3v) is 22.4. The largest absolute Gasteiger partial charge is 0.490 e. The summed E-state index contributed by atoms with van der Waals surface area (Å²) in [6.07, 6.45) is 14.2. The number of nitrogen functional groups attached to an aromatic ring is 1. The second kappa shape index (κ2) is 28.4. The Hall–Kier alpha value is -5.06. The van der Waals surface area contributed by atoms with Gasteiger partial charge in [-0.2, -0.15) is 30.0 Å². The third kappa shape index (κ3) is 18.1. The average Bonchev–Trinajstić information content (AvgIpc) is 1.68. The van der Waals surface area contributed by atoms with Crippen LogP contribution < -0.4 is 21.3 Å². The summed E-state index contributed by atoms with van der Waals surface area (Å²) in [5.41, 5.74) is 10.8. The van der Waals surface area contributed by atoms with Gasteiger partial charge in [-0.25, -0.2) is 23.7 Å². The van der Waals surface area contributed by atoms with Crippen molar-refractivity contribution in [2.24, 2.45) is 0 Å². The fourth-order valence-electron chi connectivity index (χ4n) is 10.3. The highest BCUT2D eigenvalue weighted by Gasteiger charge is 2.45. The van der Waals surface area contributed by atoms with E-state index in [0.717, 1.165) is 40.3 Å². The molecule has 3 aliphatic rings. The molecule has 1 saturated heterocycles. The van der Waals surface area contributed by atoms with Crippen LogP contribution in [0.1, 0.15) is 109 Å². The topological polar surface area (TPSA) is 399 Å². The number of fused-ring (bicyclic) bond motifs is 3. The average molecular weight is 1340 g/mol. The third-order valence-electron chi connectivity index (χ3n) is 14.3. The van der Waals surface area contributed by atoms with E-state index in [4.69, 9.17) is 24.8 Å². The van der Waals surface area contributed by atoms with Gasteiger partial charge in [-0.3, -0.25) is 23.2 Å². The standard InChI is InChI=1S/C53H69N8O19P3S4/c1-7-59-42-22-20-38(86(71,72)73)29-40(42)52(3,4)44(59)16-10-8-11-17-45-53(5,6)41-30-39(87(74,75)76)21-23-43(41)60(45)27-13-9-12-18-47(63)58-35(2)33-85-84-28-25-46(62)55-26-14-15-36-31-61(51-49(36)50(54)56-34-57-51)48-24-19-37(78-48)32-77-82(67,68)80-83(69,70)79-81(64,65)66/h8,10-11,16-17,20-23,29-31,34-35,37,48H,7,9,12-13,18-19,24-28,32-33H2,1-6H3,(H9-,54,55,56,57,58,62,63,64,65,66,67,68,69,70,71,72,73,74,75,76)/p+1/t35?,37-,48+/m0/s1. The Morgan fingerprint density at radius 1 is 0.897 bits per heavy atom. The number of hydrogen-bond acceptors (Lipinski definition) is 19. The Balaban J connectivity index is 0.829. The molecule has 10 N–H and O–H groups in total. The monoisotopic (exact) mass is 1340 g/mol. The lowest BCUT2D eigenvalue weighted by atomic mass is 9.81. The normalized spacial score (nSPS) is 19.7. The van der Waals surface area contributed by atoms with Crippen LogP contribution in [0.2, 0.25) is 0 Å². The second-order valence-electron chi connectivity index (χ2n) is 21.4. The molecule has 0 bridgehead atoms. The predicted molar refractivity (Wildman–Crippen MR) is 328 cm³/mol. The highest BCUT2D eigenvalue weighted by atomic mass is 33.1. The number of unbranched alkanes of at least 4 members (excludes halogenated alkanes) is 2. The van der Waals surface area contributed by atoms with E-state index in [1.54, 1.807) is 22.9 Å². The molecule has 2 amide bonds. The predicted octanol–water partition coefficient (Wildman–Crippen LogP) is 7.72. The van der Waals surface area contributed by atoms with Gasteiger partial charge in [0.05, 0.1) is 45.4 Å². The number of carbonyl (C=O) groups is 2. The summed E-state index contributed by atoms with van der Waals surface area (Å²) in [5, 5.41) is 6.22. The van der Waals surface area contributed by atoms with E-state index in [1.807, 2.05) is 71.9 Å². The molecule has 3 unspecified atom stereocenters. The SMILES string of the molecule is CC[N+]1=C(/C=C/C=C/C=C2/N(CCCCCC(=O)NC(C)CSSCCC(=O)NCC#Cc3cn([C@H]4CC[C@@H](COP(=O)(O)OP(=O)(O)OP(=O)(O)O)O4)c4ncnc(N)c34)c3ccc(S(=O)(=O)O)cc3C2(C)C)C(C)(C)c2cc(S(=O)(=O)O)ccc21. The summed E-state index contributed by atoms with van der Waals surface area (Å²) >= 11 is 0. The van der Waals surface area contributed by atoms with Gasteiger partial charge in [0.2, 0.25) is 17.5 Å². The van der Waals surface area contributed by atoms with E-state index in [2.05, 4.69) is 50.5 Å². The van der Waals surface area contributed by atoms with E-state index in [0.29, 0.717) is 66.9 Å². The molecule has 0 saturated carbocycles. The molecule has 474 valence electrons. The van der Waals surface area contributed by atoms with Crippen molar-refractivity contribution in [2.45, 2.75) is 125 Å². The van der Waals surface area contributed by atoms with Gasteiger partial charge in [-0.1, -0.05) is 71.9 Å². The number of hydrogen-bond donors (Lipinski definition) is 9. The number of nitrogens with two attached hydrogens (primary N) is 1. The maximum absolute atomic E-state index is 13.0. The van der Waals surface area contributed by atoms with Crippen molar-refractivity contribution in [1.82, 2.24) is 25.2 Å². The van der Waals surface area contributed by atoms with Gasteiger partial charge in [0.1, 0.15) is 30.6 Å². The van der Waals surface area contributed by atoms with Gasteiger partial charge in [0.15, 0.2) is 5.71 Å². The van der Waals surface area contributed by atoms with Gasteiger partial charge >= 0.3 is 23.5 Å². The van der Waals surface area contributed by atoms with Crippen molar-refractivity contribution in [1.29, 1.82) is 0 Å². The zero-order valence-corrected chi connectivity index (χ0v) is 54.2. The second-order valence-corrected chi connectivity index (χ2v) is 31.3. The molecular weight excluding hydrogens is 1270 g/mol. The lowest BCUT2D eigenvalue weighted by Crippen LogP contribution is -2.33. The van der Waals surface area contributed by atoms with Crippen LogP contribution in [0.15, 0.2) is 94.8 Å².